The van der Waals surface area contributed by atoms with Gasteiger partial charge in [-0.25, -0.2) is 0 Å². The minimum Gasteiger partial charge on any atom is -0.488 e. The highest BCUT2D eigenvalue weighted by atomic mass is 32.2. The summed E-state index contributed by atoms with van der Waals surface area (Å²) in [6, 6.07) is 0. The van der Waals surface area contributed by atoms with Gasteiger partial charge in [-0.15, -0.1) is 0 Å². The topological polar surface area (TPSA) is 58.6 Å². The van der Waals surface area contributed by atoms with Crippen LogP contribution in [0.15, 0.2) is 11.7 Å². The molecule has 0 aromatic heterocycles. The van der Waals surface area contributed by atoms with Gasteiger partial charge in [0.1, 0.15) is 5.09 Å². The van der Waals surface area contributed by atoms with Gasteiger partial charge in [-0.05, 0) is 27.4 Å². The number of aliphatic hydroxyl groups is 1. The molecule has 0 atom stereocenters. The third-order valence-corrected chi connectivity index (χ3v) is 2.66. The summed E-state index contributed by atoms with van der Waals surface area (Å²) in [5.74, 6) is -0.137. The van der Waals surface area contributed by atoms with Gasteiger partial charge in [0.15, 0.2) is 0 Å². The standard InChI is InChI=1S/C10H19NO3S/c1-5-14-8(2)15-10(3,4)9(13)11-6-7-12/h12H,2,5-7H2,1,3-4H3,(H,11,13). The molecule has 0 fully saturated rings. The predicted octanol–water partition coefficient (Wildman–Crippen LogP) is 1.11. The van der Waals surface area contributed by atoms with Crippen molar-refractivity contribution in [2.24, 2.45) is 0 Å². The summed E-state index contributed by atoms with van der Waals surface area (Å²) in [6.45, 7) is 9.89. The van der Waals surface area contributed by atoms with Crippen LogP contribution in [-0.2, 0) is 9.53 Å². The molecule has 0 aromatic carbocycles. The normalized spacial score (nSPS) is 10.9. The molecule has 0 saturated carbocycles. The fourth-order valence-corrected chi connectivity index (χ4v) is 1.81. The van der Waals surface area contributed by atoms with Crippen LogP contribution in [0.2, 0.25) is 0 Å². The lowest BCUT2D eigenvalue weighted by atomic mass is 10.2. The van der Waals surface area contributed by atoms with Crippen molar-refractivity contribution in [3.8, 4) is 0 Å². The first-order chi connectivity index (χ1) is 6.94. The van der Waals surface area contributed by atoms with Crippen molar-refractivity contribution in [1.82, 2.24) is 5.32 Å². The third kappa shape index (κ3) is 5.69. The molecular weight excluding hydrogens is 214 g/mol. The minimum absolute atomic E-state index is 0.0567. The van der Waals surface area contributed by atoms with Crippen molar-refractivity contribution >= 4 is 17.7 Å². The summed E-state index contributed by atoms with van der Waals surface area (Å²) in [5.41, 5.74) is 0. The predicted molar refractivity (Wildman–Crippen MR) is 62.5 cm³/mol. The number of ether oxygens (including phenoxy) is 1. The van der Waals surface area contributed by atoms with Crippen LogP contribution in [0.5, 0.6) is 0 Å². The Morgan fingerprint density at radius 1 is 1.60 bits per heavy atom. The Kier molecular flexibility index (Phi) is 6.43. The molecule has 5 heteroatoms. The summed E-state index contributed by atoms with van der Waals surface area (Å²) < 4.78 is 4.53. The van der Waals surface area contributed by atoms with Gasteiger partial charge >= 0.3 is 0 Å². The van der Waals surface area contributed by atoms with Crippen molar-refractivity contribution in [1.29, 1.82) is 0 Å². The summed E-state index contributed by atoms with van der Waals surface area (Å²) in [4.78, 5) is 11.6. The molecule has 0 aliphatic heterocycles. The lowest BCUT2D eigenvalue weighted by molar-refractivity contribution is -0.122. The maximum atomic E-state index is 11.6. The summed E-state index contributed by atoms with van der Waals surface area (Å²) >= 11 is 1.27. The molecular formula is C10H19NO3S. The van der Waals surface area contributed by atoms with Crippen LogP contribution in [0.3, 0.4) is 0 Å². The molecule has 15 heavy (non-hydrogen) atoms. The van der Waals surface area contributed by atoms with E-state index in [2.05, 4.69) is 11.9 Å². The Balaban J connectivity index is 4.15. The van der Waals surface area contributed by atoms with E-state index in [-0.39, 0.29) is 19.1 Å². The second-order valence-corrected chi connectivity index (χ2v) is 5.08. The largest absolute Gasteiger partial charge is 0.488 e. The van der Waals surface area contributed by atoms with E-state index in [0.29, 0.717) is 11.7 Å². The second-order valence-electron chi connectivity index (χ2n) is 3.40. The number of thioether (sulfide) groups is 1. The number of aliphatic hydroxyl groups excluding tert-OH is 1. The Bertz CT molecular complexity index is 229. The van der Waals surface area contributed by atoms with Crippen LogP contribution in [0.4, 0.5) is 0 Å². The number of carbonyl (C=O) groups excluding carboxylic acids is 1. The average molecular weight is 233 g/mol. The molecule has 4 nitrogen and oxygen atoms in total. The molecule has 0 aromatic rings. The van der Waals surface area contributed by atoms with E-state index < -0.39 is 4.75 Å². The highest BCUT2D eigenvalue weighted by Gasteiger charge is 2.29. The maximum Gasteiger partial charge on any atom is 0.236 e. The number of hydrogen-bond acceptors (Lipinski definition) is 4. The lowest BCUT2D eigenvalue weighted by Gasteiger charge is -2.23. The molecule has 0 aliphatic rings. The highest BCUT2D eigenvalue weighted by molar-refractivity contribution is 8.04. The van der Waals surface area contributed by atoms with Gasteiger partial charge in [0.05, 0.1) is 18.0 Å². The molecule has 0 bridgehead atoms. The zero-order valence-corrected chi connectivity index (χ0v) is 10.3. The van der Waals surface area contributed by atoms with Gasteiger partial charge in [0.25, 0.3) is 0 Å². The number of amides is 1. The monoisotopic (exact) mass is 233 g/mol. The molecule has 0 spiro atoms. The highest BCUT2D eigenvalue weighted by Crippen LogP contribution is 2.31. The molecule has 0 saturated heterocycles. The van der Waals surface area contributed by atoms with Crippen LogP contribution in [0.1, 0.15) is 20.8 Å². The lowest BCUT2D eigenvalue weighted by Crippen LogP contribution is -2.41. The van der Waals surface area contributed by atoms with Crippen LogP contribution in [0.25, 0.3) is 0 Å². The fourth-order valence-electron chi connectivity index (χ4n) is 0.904. The second kappa shape index (κ2) is 6.74. The van der Waals surface area contributed by atoms with E-state index in [9.17, 15) is 4.79 Å². The van der Waals surface area contributed by atoms with E-state index in [1.165, 1.54) is 11.8 Å². The van der Waals surface area contributed by atoms with Gasteiger partial charge in [-0.2, -0.15) is 0 Å². The number of carbonyl (C=O) groups is 1. The Labute approximate surface area is 95.1 Å². The van der Waals surface area contributed by atoms with Crippen molar-refractivity contribution in [2.75, 3.05) is 19.8 Å². The molecule has 0 rings (SSSR count). The molecule has 0 radical (unpaired) electrons. The first-order valence-electron chi connectivity index (χ1n) is 4.84. The average Bonchev–Trinajstić information content (AvgIpc) is 2.13. The van der Waals surface area contributed by atoms with Crippen molar-refractivity contribution in [2.45, 2.75) is 25.5 Å². The summed E-state index contributed by atoms with van der Waals surface area (Å²) in [5, 5.41) is 11.7. The Morgan fingerprint density at radius 2 is 2.20 bits per heavy atom. The first-order valence-corrected chi connectivity index (χ1v) is 5.65. The molecule has 0 heterocycles. The van der Waals surface area contributed by atoms with Gasteiger partial charge in [0.2, 0.25) is 5.91 Å². The van der Waals surface area contributed by atoms with Crippen LogP contribution >= 0.6 is 11.8 Å². The zero-order valence-electron chi connectivity index (χ0n) is 9.50. The zero-order chi connectivity index (χ0) is 11.9. The van der Waals surface area contributed by atoms with Crippen LogP contribution in [0, 0.1) is 0 Å². The van der Waals surface area contributed by atoms with E-state index in [1.54, 1.807) is 13.8 Å². The Morgan fingerprint density at radius 3 is 2.67 bits per heavy atom. The van der Waals surface area contributed by atoms with Crippen molar-refractivity contribution in [3.05, 3.63) is 11.7 Å². The van der Waals surface area contributed by atoms with Gasteiger partial charge in [-0.3, -0.25) is 4.79 Å². The number of rotatable bonds is 7. The SMILES string of the molecule is C=C(OCC)SC(C)(C)C(=O)NCCO. The van der Waals surface area contributed by atoms with E-state index in [1.807, 2.05) is 6.92 Å². The van der Waals surface area contributed by atoms with E-state index in [0.717, 1.165) is 0 Å². The molecule has 88 valence electrons. The van der Waals surface area contributed by atoms with Crippen molar-refractivity contribution in [3.63, 3.8) is 0 Å². The molecule has 1 amide bonds. The summed E-state index contributed by atoms with van der Waals surface area (Å²) in [6.07, 6.45) is 0. The van der Waals surface area contributed by atoms with E-state index >= 15 is 0 Å². The van der Waals surface area contributed by atoms with E-state index in [4.69, 9.17) is 9.84 Å². The minimum atomic E-state index is -0.637. The first kappa shape index (κ1) is 14.3. The van der Waals surface area contributed by atoms with Gasteiger partial charge in [-0.1, -0.05) is 11.8 Å². The molecule has 0 unspecified atom stereocenters. The molecule has 0 aliphatic carbocycles. The molecule has 2 N–H and O–H groups in total. The van der Waals surface area contributed by atoms with Crippen LogP contribution in [-0.4, -0.2) is 35.5 Å². The van der Waals surface area contributed by atoms with Crippen molar-refractivity contribution < 1.29 is 14.6 Å². The number of nitrogens with one attached hydrogen (secondary N) is 1. The van der Waals surface area contributed by atoms with Gasteiger partial charge < -0.3 is 15.2 Å². The van der Waals surface area contributed by atoms with Crippen LogP contribution < -0.4 is 5.32 Å². The quantitative estimate of drug-likeness (QED) is 0.647. The maximum absolute atomic E-state index is 11.6. The van der Waals surface area contributed by atoms with Gasteiger partial charge in [0, 0.05) is 6.54 Å². The Hall–Kier alpha value is -0.680. The number of hydrogen-bond donors (Lipinski definition) is 2. The fraction of sp³-hybridized carbons (Fsp3) is 0.700. The smallest absolute Gasteiger partial charge is 0.236 e. The third-order valence-electron chi connectivity index (χ3n) is 1.62. The summed E-state index contributed by atoms with van der Waals surface area (Å²) in [7, 11) is 0.